The molecule has 0 amide bonds. The lowest BCUT2D eigenvalue weighted by Crippen LogP contribution is -2.36. The number of halogens is 1. The van der Waals surface area contributed by atoms with Gasteiger partial charge in [0.15, 0.2) is 0 Å². The first-order chi connectivity index (χ1) is 14.2. The van der Waals surface area contributed by atoms with Crippen LogP contribution in [0.5, 0.6) is 0 Å². The van der Waals surface area contributed by atoms with Gasteiger partial charge in [-0.25, -0.2) is 0 Å². The van der Waals surface area contributed by atoms with Crippen molar-refractivity contribution in [1.82, 2.24) is 15.2 Å². The van der Waals surface area contributed by atoms with E-state index in [1.807, 2.05) is 36.5 Å². The van der Waals surface area contributed by atoms with Gasteiger partial charge in [-0.1, -0.05) is 17.7 Å². The average molecular weight is 412 g/mol. The lowest BCUT2D eigenvalue weighted by Gasteiger charge is -2.29. The van der Waals surface area contributed by atoms with Crippen LogP contribution >= 0.6 is 11.6 Å². The minimum atomic E-state index is -0.877. The summed E-state index contributed by atoms with van der Waals surface area (Å²) in [7, 11) is 0. The average Bonchev–Trinajstić information content (AvgIpc) is 3.28. The minimum absolute atomic E-state index is 0.641. The van der Waals surface area contributed by atoms with Crippen LogP contribution in [-0.4, -0.2) is 52.8 Å². The highest BCUT2D eigenvalue weighted by atomic mass is 35.5. The number of pyridine rings is 1. The van der Waals surface area contributed by atoms with Crippen molar-refractivity contribution in [2.45, 2.75) is 6.23 Å². The largest absolute Gasteiger partial charge is 0.378 e. The number of hydrogen-bond acceptors (Lipinski definition) is 6. The lowest BCUT2D eigenvalue weighted by atomic mass is 10.0. The van der Waals surface area contributed by atoms with Crippen LogP contribution in [0.3, 0.4) is 0 Å². The van der Waals surface area contributed by atoms with Crippen molar-refractivity contribution in [3.8, 4) is 11.1 Å². The predicted molar refractivity (Wildman–Crippen MR) is 115 cm³/mol. The molecular weight excluding hydrogens is 390 g/mol. The predicted octanol–water partition coefficient (Wildman–Crippen LogP) is 3.41. The molecule has 3 heterocycles. The van der Waals surface area contributed by atoms with E-state index in [0.717, 1.165) is 41.2 Å². The van der Waals surface area contributed by atoms with Crippen molar-refractivity contribution in [2.75, 3.05) is 36.5 Å². The van der Waals surface area contributed by atoms with Crippen LogP contribution in [0, 0.1) is 0 Å². The Morgan fingerprint density at radius 1 is 1.24 bits per heavy atom. The van der Waals surface area contributed by atoms with Gasteiger partial charge in [-0.3, -0.25) is 10.1 Å². The number of aliphatic hydroxyl groups is 1. The Morgan fingerprint density at radius 3 is 2.86 bits per heavy atom. The maximum atomic E-state index is 10.4. The first kappa shape index (κ1) is 19.4. The van der Waals surface area contributed by atoms with Gasteiger partial charge in [0.2, 0.25) is 0 Å². The molecule has 3 aromatic rings. The molecule has 8 heteroatoms. The van der Waals surface area contributed by atoms with E-state index in [1.54, 1.807) is 24.7 Å². The number of H-pyrrole nitrogens is 1. The number of benzene rings is 1. The fraction of sp³-hybridized carbons (Fsp3) is 0.238. The Kier molecular flexibility index (Phi) is 6.09. The Labute approximate surface area is 174 Å². The summed E-state index contributed by atoms with van der Waals surface area (Å²) in [4.78, 5) is 6.37. The van der Waals surface area contributed by atoms with E-state index >= 15 is 0 Å². The van der Waals surface area contributed by atoms with Crippen molar-refractivity contribution < 1.29 is 9.84 Å². The van der Waals surface area contributed by atoms with Crippen LogP contribution in [0.15, 0.2) is 55.1 Å². The van der Waals surface area contributed by atoms with Gasteiger partial charge in [0, 0.05) is 48.5 Å². The number of aromatic nitrogens is 3. The zero-order valence-electron chi connectivity index (χ0n) is 15.8. The first-order valence-electron chi connectivity index (χ1n) is 9.39. The van der Waals surface area contributed by atoms with Crippen molar-refractivity contribution >= 4 is 29.1 Å². The molecule has 1 saturated heterocycles. The molecule has 0 aliphatic carbocycles. The second-order valence-corrected chi connectivity index (χ2v) is 7.07. The zero-order valence-corrected chi connectivity index (χ0v) is 16.5. The van der Waals surface area contributed by atoms with Gasteiger partial charge in [-0.05, 0) is 35.9 Å². The maximum absolute atomic E-state index is 10.4. The summed E-state index contributed by atoms with van der Waals surface area (Å²) in [6.45, 7) is 3.05. The van der Waals surface area contributed by atoms with E-state index in [9.17, 15) is 5.11 Å². The number of nitrogens with one attached hydrogen (secondary N) is 2. The molecule has 1 aliphatic rings. The molecule has 0 saturated carbocycles. The van der Waals surface area contributed by atoms with Crippen LogP contribution in [-0.2, 0) is 4.74 Å². The van der Waals surface area contributed by atoms with Gasteiger partial charge in [0.05, 0.1) is 30.1 Å². The second-order valence-electron chi connectivity index (χ2n) is 6.66. The van der Waals surface area contributed by atoms with Gasteiger partial charge < -0.3 is 20.1 Å². The van der Waals surface area contributed by atoms with Crippen molar-refractivity contribution in [2.24, 2.45) is 0 Å². The number of nitrogens with zero attached hydrogens (tertiary/aromatic N) is 3. The highest BCUT2D eigenvalue weighted by molar-refractivity contribution is 6.33. The third-order valence-corrected chi connectivity index (χ3v) is 5.04. The van der Waals surface area contributed by atoms with Gasteiger partial charge in [-0.2, -0.15) is 5.10 Å². The Morgan fingerprint density at radius 2 is 2.10 bits per heavy atom. The van der Waals surface area contributed by atoms with E-state index < -0.39 is 6.23 Å². The van der Waals surface area contributed by atoms with Crippen molar-refractivity contribution in [3.63, 3.8) is 0 Å². The summed E-state index contributed by atoms with van der Waals surface area (Å²) >= 11 is 6.46. The molecule has 1 atom stereocenters. The quantitative estimate of drug-likeness (QED) is 0.539. The number of morpholine rings is 1. The molecule has 150 valence electrons. The van der Waals surface area contributed by atoms with Crippen LogP contribution in [0.25, 0.3) is 17.2 Å². The van der Waals surface area contributed by atoms with Gasteiger partial charge in [0.25, 0.3) is 0 Å². The molecule has 4 rings (SSSR count). The van der Waals surface area contributed by atoms with Crippen LogP contribution in [0.4, 0.5) is 11.4 Å². The third-order valence-electron chi connectivity index (χ3n) is 4.73. The number of ether oxygens (including phenoxy) is 1. The van der Waals surface area contributed by atoms with Crippen molar-refractivity contribution in [3.05, 3.63) is 65.7 Å². The Bertz CT molecular complexity index is 971. The molecule has 1 aliphatic heterocycles. The number of aromatic amines is 1. The van der Waals surface area contributed by atoms with E-state index in [-0.39, 0.29) is 0 Å². The molecule has 1 unspecified atom stereocenters. The summed E-state index contributed by atoms with van der Waals surface area (Å²) in [5, 5.41) is 20.9. The molecule has 1 aromatic carbocycles. The molecule has 2 aromatic heterocycles. The number of rotatable bonds is 6. The number of hydrogen-bond donors (Lipinski definition) is 3. The molecular formula is C21H22ClN5O2. The van der Waals surface area contributed by atoms with E-state index in [1.165, 1.54) is 0 Å². The normalized spacial score (nSPS) is 15.6. The summed E-state index contributed by atoms with van der Waals surface area (Å²) in [6, 6.07) is 7.61. The molecule has 7 nitrogen and oxygen atoms in total. The molecule has 0 bridgehead atoms. The molecule has 1 fully saturated rings. The highest BCUT2D eigenvalue weighted by Crippen LogP contribution is 2.30. The molecule has 29 heavy (non-hydrogen) atoms. The van der Waals surface area contributed by atoms with Crippen LogP contribution in [0.1, 0.15) is 5.56 Å². The third kappa shape index (κ3) is 4.76. The second kappa shape index (κ2) is 9.09. The number of aliphatic hydroxyl groups excluding tert-OH is 1. The summed E-state index contributed by atoms with van der Waals surface area (Å²) in [6.07, 6.45) is 9.67. The van der Waals surface area contributed by atoms with E-state index in [0.29, 0.717) is 18.2 Å². The topological polar surface area (TPSA) is 86.3 Å². The molecule has 0 spiro atoms. The standard InChI is InChI=1S/C21H22ClN5O2/c22-19-11-17(2-3-20(19)27-7-9-29-10-8-27)26-21(28)4-1-15-12-23-6-5-18(15)16-13-24-25-14-16/h1-6,11-14,21,26,28H,7-10H2,(H,24,25)/b4-1+. The van der Waals surface area contributed by atoms with E-state index in [2.05, 4.69) is 25.4 Å². The lowest BCUT2D eigenvalue weighted by molar-refractivity contribution is 0.122. The Hall–Kier alpha value is -2.87. The first-order valence-corrected chi connectivity index (χ1v) is 9.77. The Balaban J connectivity index is 1.44. The van der Waals surface area contributed by atoms with Gasteiger partial charge in [0.1, 0.15) is 6.23 Å². The SMILES string of the molecule is OC(/C=C/c1cnccc1-c1cn[nH]c1)Nc1ccc(N2CCOCC2)c(Cl)c1. The number of anilines is 2. The maximum Gasteiger partial charge on any atom is 0.144 e. The monoisotopic (exact) mass is 411 g/mol. The zero-order chi connectivity index (χ0) is 20.1. The summed E-state index contributed by atoms with van der Waals surface area (Å²) in [5.41, 5.74) is 4.54. The van der Waals surface area contributed by atoms with Gasteiger partial charge in [-0.15, -0.1) is 0 Å². The van der Waals surface area contributed by atoms with Crippen LogP contribution < -0.4 is 10.2 Å². The molecule has 3 N–H and O–H groups in total. The molecule has 0 radical (unpaired) electrons. The smallest absolute Gasteiger partial charge is 0.144 e. The summed E-state index contributed by atoms with van der Waals surface area (Å²) in [5.74, 6) is 0. The van der Waals surface area contributed by atoms with Crippen LogP contribution in [0.2, 0.25) is 5.02 Å². The van der Waals surface area contributed by atoms with E-state index in [4.69, 9.17) is 16.3 Å². The minimum Gasteiger partial charge on any atom is -0.378 e. The fourth-order valence-electron chi connectivity index (χ4n) is 3.27. The fourth-order valence-corrected chi connectivity index (χ4v) is 3.57. The van der Waals surface area contributed by atoms with Crippen molar-refractivity contribution in [1.29, 1.82) is 0 Å². The highest BCUT2D eigenvalue weighted by Gasteiger charge is 2.14. The van der Waals surface area contributed by atoms with Gasteiger partial charge >= 0.3 is 0 Å². The summed E-state index contributed by atoms with van der Waals surface area (Å²) < 4.78 is 5.39.